The largest absolute Gasteiger partial charge is 1.00 e. The summed E-state index contributed by atoms with van der Waals surface area (Å²) >= 11 is 5.27. The molecule has 0 aromatic heterocycles. The molecule has 0 bridgehead atoms. The zero-order valence-electron chi connectivity index (χ0n) is 21.8. The molecule has 0 aliphatic heterocycles. The molecule has 0 saturated carbocycles. The molecule has 0 spiro atoms. The van der Waals surface area contributed by atoms with Crippen molar-refractivity contribution in [2.45, 2.75) is 43.8 Å². The van der Waals surface area contributed by atoms with Crippen molar-refractivity contribution in [3.8, 4) is 0 Å². The zero-order valence-corrected chi connectivity index (χ0v) is 36.7. The maximum Gasteiger partial charge on any atom is 1.00 e. The van der Waals surface area contributed by atoms with Gasteiger partial charge in [0.15, 0.2) is 17.8 Å². The molecule has 16 nitrogen and oxygen atoms in total. The number of esters is 3. The molecular weight excluding hydrogens is 682 g/mol. The van der Waals surface area contributed by atoms with E-state index in [0.29, 0.717) is 47.1 Å². The van der Waals surface area contributed by atoms with Gasteiger partial charge < -0.3 is 58.1 Å². The van der Waals surface area contributed by atoms with Crippen LogP contribution in [-0.4, -0.2) is 113 Å². The first-order valence-corrected chi connectivity index (χ1v) is 13.3. The predicted molar refractivity (Wildman–Crippen MR) is 96.3 cm³/mol. The minimum Gasteiger partial charge on any atom is 1.00 e. The third-order valence-electron chi connectivity index (χ3n) is 3.56. The molecule has 0 rings (SSSR count). The van der Waals surface area contributed by atoms with E-state index in [4.69, 9.17) is 15.6 Å². The molecule has 0 saturated heterocycles. The van der Waals surface area contributed by atoms with Crippen LogP contribution in [0.2, 0.25) is 0 Å². The standard InChI is InChI=1S/C16H17ClO16.ClH.3K.2Na/c1-7(18)30-6-12(25)32-15(13(26)27,2-8(19)20)4-10(23)31-16(14(28)29,3-9(21)22)5-11(24)33-17;;;;;;/h2-6H2,1H3,(H,19,20)(H,21,22)(H,26,27)(H,28,29);1H;;;;;/q;;5*+1/p-5. The van der Waals surface area contributed by atoms with Crippen molar-refractivity contribution in [3.63, 3.8) is 0 Å². The smallest absolute Gasteiger partial charge is 1.00 e. The van der Waals surface area contributed by atoms with Gasteiger partial charge in [0.05, 0.1) is 24.8 Å². The second kappa shape index (κ2) is 28.7. The quantitative estimate of drug-likeness (QED) is 0.0927. The van der Waals surface area contributed by atoms with E-state index in [1.54, 1.807) is 0 Å². The number of carboxylic acids is 4. The maximum atomic E-state index is 12.3. The van der Waals surface area contributed by atoms with E-state index in [1.807, 2.05) is 0 Å². The van der Waals surface area contributed by atoms with Crippen LogP contribution in [0.1, 0.15) is 32.6 Å². The van der Waals surface area contributed by atoms with Crippen molar-refractivity contribution in [3.05, 3.63) is 0 Å². The first-order valence-electron chi connectivity index (χ1n) is 8.68. The van der Waals surface area contributed by atoms with Gasteiger partial charge in [0.25, 0.3) is 0 Å². The summed E-state index contributed by atoms with van der Waals surface area (Å²) in [6.45, 7) is -0.387. The van der Waals surface area contributed by atoms with Crippen LogP contribution < -0.4 is 182 Å². The van der Waals surface area contributed by atoms with Gasteiger partial charge in [-0.2, -0.15) is 0 Å². The fourth-order valence-electron chi connectivity index (χ4n) is 2.26. The van der Waals surface area contributed by atoms with Crippen molar-refractivity contribution in [1.82, 2.24) is 0 Å². The van der Waals surface area contributed by atoms with Gasteiger partial charge in [-0.25, -0.2) is 4.79 Å². The number of rotatable bonds is 14. The molecule has 2 unspecified atom stereocenters. The van der Waals surface area contributed by atoms with Crippen LogP contribution in [0.4, 0.5) is 0 Å². The number of carbonyl (C=O) groups is 8. The summed E-state index contributed by atoms with van der Waals surface area (Å²) < 4.78 is 21.5. The molecule has 0 aliphatic rings. The first kappa shape index (κ1) is 54.7. The minimum absolute atomic E-state index is 0. The molecule has 0 aromatic carbocycles. The van der Waals surface area contributed by atoms with E-state index in [0.717, 1.165) is 6.92 Å². The maximum absolute atomic E-state index is 12.3. The van der Waals surface area contributed by atoms with E-state index in [2.05, 4.69) is 18.5 Å². The molecule has 0 aliphatic carbocycles. The summed E-state index contributed by atoms with van der Waals surface area (Å²) in [6.07, 6.45) is -6.84. The number of hydrogen-bond acceptors (Lipinski definition) is 16. The summed E-state index contributed by atoms with van der Waals surface area (Å²) in [4.78, 5) is 91.0. The summed E-state index contributed by atoms with van der Waals surface area (Å²) in [5.74, 6) is -15.8. The van der Waals surface area contributed by atoms with E-state index in [9.17, 15) is 58.8 Å². The number of carboxylic acid groups (broad SMARTS) is 4. The number of carbonyl (C=O) groups excluding carboxylic acids is 8. The molecule has 0 fully saturated rings. The van der Waals surface area contributed by atoms with Gasteiger partial charge in [0.2, 0.25) is 0 Å². The molecular formula is C16H13Cl2K3Na2O16. The van der Waals surface area contributed by atoms with Crippen LogP contribution in [0.25, 0.3) is 0 Å². The fourth-order valence-corrected chi connectivity index (χ4v) is 2.32. The monoisotopic (exact) mass is 694 g/mol. The first-order chi connectivity index (χ1) is 16.1. The minimum atomic E-state index is -3.40. The Morgan fingerprint density at radius 1 is 0.667 bits per heavy atom. The Morgan fingerprint density at radius 2 is 1.00 bits per heavy atom. The third kappa shape index (κ3) is 23.3. The van der Waals surface area contributed by atoms with Crippen LogP contribution in [0.5, 0.6) is 0 Å². The Labute approximate surface area is 390 Å². The van der Waals surface area contributed by atoms with Crippen molar-refractivity contribution < 1.29 is 239 Å². The molecule has 0 radical (unpaired) electrons. The second-order valence-corrected chi connectivity index (χ2v) is 6.35. The Morgan fingerprint density at radius 3 is 1.28 bits per heavy atom. The van der Waals surface area contributed by atoms with E-state index in [1.165, 1.54) is 0 Å². The van der Waals surface area contributed by atoms with E-state index < -0.39 is 91.2 Å². The van der Waals surface area contributed by atoms with Crippen molar-refractivity contribution in [2.75, 3.05) is 6.61 Å². The Hall–Kier alpha value is 3.25. The fraction of sp³-hybridized carbons (Fsp3) is 0.500. The van der Waals surface area contributed by atoms with E-state index in [-0.39, 0.29) is 162 Å². The van der Waals surface area contributed by atoms with Crippen molar-refractivity contribution in [1.29, 1.82) is 0 Å². The zero-order chi connectivity index (χ0) is 28.0. The van der Waals surface area contributed by atoms with Crippen molar-refractivity contribution >= 4 is 111 Å². The summed E-state index contributed by atoms with van der Waals surface area (Å²) in [7, 11) is 0. The Balaban J connectivity index is -0.000000442. The van der Waals surface area contributed by atoms with Crippen LogP contribution >= 0.6 is 15.6 Å². The molecule has 23 heteroatoms. The molecule has 39 heavy (non-hydrogen) atoms. The molecule has 0 heterocycles. The normalized spacial score (nSPS) is 11.9. The van der Waals surface area contributed by atoms with Crippen LogP contribution in [0.3, 0.4) is 0 Å². The molecule has 0 N–H and O–H groups in total. The van der Waals surface area contributed by atoms with Gasteiger partial charge >= 0.3 is 237 Å². The van der Waals surface area contributed by atoms with Gasteiger partial charge in [-0.15, -0.1) is 0 Å². The van der Waals surface area contributed by atoms with Crippen LogP contribution in [-0.2, 0) is 56.9 Å². The predicted octanol–water partition coefficient (Wildman–Crippen LogP) is -18.3. The topological polar surface area (TPSA) is 266 Å². The average Bonchev–Trinajstić information content (AvgIpc) is 2.71. The van der Waals surface area contributed by atoms with Gasteiger partial charge in [0.1, 0.15) is 11.9 Å². The third-order valence-corrected chi connectivity index (χ3v) is 3.73. The SMILES string of the molecule is CC(=O)OCC(=O)OC(CC(=O)[O-])(CC(=O)OC(CC(=O)[O-])(CC(=O)OCl)C(=O)[O-])C(=O)[O-].[Cl][K].[K+].[K+].[Na+].[Na+]. The molecule has 192 valence electrons. The van der Waals surface area contributed by atoms with Gasteiger partial charge in [-0.05, 0) is 0 Å². The van der Waals surface area contributed by atoms with Gasteiger partial charge in [0, 0.05) is 31.7 Å². The Kier molecular flexibility index (Phi) is 40.3. The average molecular weight is 695 g/mol. The molecule has 0 amide bonds. The molecule has 0 aromatic rings. The summed E-state index contributed by atoms with van der Waals surface area (Å²) in [5.41, 5.74) is -6.76. The summed E-state index contributed by atoms with van der Waals surface area (Å²) in [5, 5.41) is 44.9. The van der Waals surface area contributed by atoms with Crippen LogP contribution in [0, 0.1) is 0 Å². The number of ether oxygens (including phenoxy) is 3. The van der Waals surface area contributed by atoms with E-state index >= 15 is 0 Å². The Bertz CT molecular complexity index is 880. The van der Waals surface area contributed by atoms with Gasteiger partial charge in [-0.3, -0.25) is 14.4 Å². The van der Waals surface area contributed by atoms with Crippen molar-refractivity contribution in [2.24, 2.45) is 0 Å². The molecule has 2 atom stereocenters. The number of hydrogen-bond donors (Lipinski definition) is 0. The second-order valence-electron chi connectivity index (χ2n) is 6.19. The summed E-state index contributed by atoms with van der Waals surface area (Å²) in [6, 6.07) is 0. The number of halogens is 2. The van der Waals surface area contributed by atoms with Gasteiger partial charge in [-0.1, -0.05) is 0 Å². The number of aliphatic carboxylic acids is 4. The van der Waals surface area contributed by atoms with Crippen LogP contribution in [0.15, 0.2) is 0 Å².